The molecule has 0 aliphatic rings. The van der Waals surface area contributed by atoms with Gasteiger partial charge in [-0.3, -0.25) is 9.98 Å². The van der Waals surface area contributed by atoms with Crippen molar-refractivity contribution in [2.75, 3.05) is 13.1 Å². The molecule has 0 heterocycles. The van der Waals surface area contributed by atoms with Crippen LogP contribution in [0.5, 0.6) is 11.5 Å². The molecule has 8 nitrogen and oxygen atoms in total. The van der Waals surface area contributed by atoms with Crippen LogP contribution in [0.4, 0.5) is 22.7 Å². The van der Waals surface area contributed by atoms with Crippen LogP contribution in [0.3, 0.4) is 0 Å². The first kappa shape index (κ1) is 24.2. The summed E-state index contributed by atoms with van der Waals surface area (Å²) in [5.74, 6) is 0.208. The number of rotatable bonds is 9. The monoisotopic (exact) mass is 476 g/mol. The highest BCUT2D eigenvalue weighted by atomic mass is 16.3. The molecule has 0 spiro atoms. The predicted octanol–water partition coefficient (Wildman–Crippen LogP) is 7.47. The van der Waals surface area contributed by atoms with Gasteiger partial charge in [-0.2, -0.15) is 20.5 Å². The number of phenols is 2. The molecule has 36 heavy (non-hydrogen) atoms. The number of nitrogens with zero attached hydrogens (tertiary/aromatic N) is 6. The molecule has 4 aromatic rings. The molecule has 178 valence electrons. The Kier molecular flexibility index (Phi) is 8.37. The Labute approximate surface area is 208 Å². The molecule has 0 aliphatic heterocycles. The molecular weight excluding hydrogens is 452 g/mol. The number of aromatic hydroxyl groups is 2. The number of hydrogen-bond acceptors (Lipinski definition) is 8. The molecule has 0 bridgehead atoms. The average molecular weight is 477 g/mol. The lowest BCUT2D eigenvalue weighted by atomic mass is 10.2. The fraction of sp³-hybridized carbons (Fsp3) is 0.0714. The van der Waals surface area contributed by atoms with Crippen molar-refractivity contribution in [1.82, 2.24) is 0 Å². The minimum absolute atomic E-state index is 0.104. The van der Waals surface area contributed by atoms with E-state index in [9.17, 15) is 10.2 Å². The fourth-order valence-corrected chi connectivity index (χ4v) is 3.08. The molecule has 0 amide bonds. The Balaban J connectivity index is 1.33. The third-order valence-electron chi connectivity index (χ3n) is 4.92. The van der Waals surface area contributed by atoms with Gasteiger partial charge in [0.15, 0.2) is 0 Å². The second-order valence-electron chi connectivity index (χ2n) is 7.63. The summed E-state index contributed by atoms with van der Waals surface area (Å²) < 4.78 is 0. The molecule has 0 fully saturated rings. The van der Waals surface area contributed by atoms with Crippen LogP contribution >= 0.6 is 0 Å². The number of phenolic OH excluding ortho intramolecular Hbond substituents is 2. The van der Waals surface area contributed by atoms with Crippen LogP contribution in [-0.2, 0) is 0 Å². The zero-order valence-corrected chi connectivity index (χ0v) is 19.4. The van der Waals surface area contributed by atoms with Gasteiger partial charge in [-0.25, -0.2) is 0 Å². The topological polar surface area (TPSA) is 115 Å². The summed E-state index contributed by atoms with van der Waals surface area (Å²) >= 11 is 0. The van der Waals surface area contributed by atoms with E-state index in [1.54, 1.807) is 48.8 Å². The van der Waals surface area contributed by atoms with Gasteiger partial charge < -0.3 is 10.2 Å². The number of azo groups is 2. The fourth-order valence-electron chi connectivity index (χ4n) is 3.08. The van der Waals surface area contributed by atoms with Gasteiger partial charge in [0.05, 0.1) is 35.8 Å². The summed E-state index contributed by atoms with van der Waals surface area (Å²) in [6.45, 7) is 0.805. The van der Waals surface area contributed by atoms with Crippen LogP contribution < -0.4 is 0 Å². The quantitative estimate of drug-likeness (QED) is 0.148. The lowest BCUT2D eigenvalue weighted by Gasteiger charge is -2.01. The maximum absolute atomic E-state index is 10.1. The van der Waals surface area contributed by atoms with Gasteiger partial charge in [-0.1, -0.05) is 36.4 Å². The first-order valence-corrected chi connectivity index (χ1v) is 11.3. The van der Waals surface area contributed by atoms with Gasteiger partial charge in [0.25, 0.3) is 0 Å². The standard InChI is InChI=1S/C28H24N6O2/c35-27-13-11-25(33-31-23-7-3-1-4-8-23)17-21(27)19-29-15-16-30-20-22-18-26(12-14-28(22)36)34-32-24-9-5-2-6-10-24/h1-14,17-20,35-36H,15-16H2. The highest BCUT2D eigenvalue weighted by molar-refractivity contribution is 5.85. The molecule has 4 rings (SSSR count). The molecule has 0 atom stereocenters. The van der Waals surface area contributed by atoms with E-state index in [-0.39, 0.29) is 11.5 Å². The third-order valence-corrected chi connectivity index (χ3v) is 4.92. The van der Waals surface area contributed by atoms with E-state index in [4.69, 9.17) is 0 Å². The lowest BCUT2D eigenvalue weighted by molar-refractivity contribution is 0.474. The maximum atomic E-state index is 10.1. The van der Waals surface area contributed by atoms with Crippen LogP contribution in [-0.4, -0.2) is 35.7 Å². The normalized spacial score (nSPS) is 11.9. The van der Waals surface area contributed by atoms with E-state index in [2.05, 4.69) is 30.4 Å². The average Bonchev–Trinajstić information content (AvgIpc) is 2.92. The van der Waals surface area contributed by atoms with E-state index in [1.807, 2.05) is 60.7 Å². The Bertz CT molecular complexity index is 1290. The minimum Gasteiger partial charge on any atom is -0.507 e. The zero-order chi connectivity index (χ0) is 25.0. The Hall–Kier alpha value is -4.98. The molecule has 2 N–H and O–H groups in total. The third kappa shape index (κ3) is 7.26. The highest BCUT2D eigenvalue weighted by Gasteiger charge is 2.02. The van der Waals surface area contributed by atoms with Crippen molar-refractivity contribution in [3.05, 3.63) is 108 Å². The first-order chi connectivity index (χ1) is 17.7. The van der Waals surface area contributed by atoms with Gasteiger partial charge >= 0.3 is 0 Å². The van der Waals surface area contributed by atoms with Gasteiger partial charge in [0.2, 0.25) is 0 Å². The first-order valence-electron chi connectivity index (χ1n) is 11.3. The summed E-state index contributed by atoms with van der Waals surface area (Å²) in [6, 6.07) is 28.7. The van der Waals surface area contributed by atoms with Crippen molar-refractivity contribution < 1.29 is 10.2 Å². The Morgan fingerprint density at radius 1 is 0.472 bits per heavy atom. The van der Waals surface area contributed by atoms with Crippen molar-refractivity contribution in [2.45, 2.75) is 0 Å². The molecule has 0 saturated heterocycles. The molecule has 0 unspecified atom stereocenters. The van der Waals surface area contributed by atoms with Crippen LogP contribution in [0.2, 0.25) is 0 Å². The molecular formula is C28H24N6O2. The van der Waals surface area contributed by atoms with Crippen molar-refractivity contribution in [1.29, 1.82) is 0 Å². The van der Waals surface area contributed by atoms with Crippen molar-refractivity contribution in [3.8, 4) is 11.5 Å². The molecule has 0 saturated carbocycles. The summed E-state index contributed by atoms with van der Waals surface area (Å²) in [7, 11) is 0. The van der Waals surface area contributed by atoms with Gasteiger partial charge in [-0.15, -0.1) is 0 Å². The highest BCUT2D eigenvalue weighted by Crippen LogP contribution is 2.25. The summed E-state index contributed by atoms with van der Waals surface area (Å²) in [6.07, 6.45) is 3.16. The van der Waals surface area contributed by atoms with E-state index >= 15 is 0 Å². The van der Waals surface area contributed by atoms with Gasteiger partial charge in [-0.05, 0) is 60.7 Å². The van der Waals surface area contributed by atoms with E-state index in [0.717, 1.165) is 11.4 Å². The van der Waals surface area contributed by atoms with Crippen LogP contribution in [0.15, 0.2) is 128 Å². The Morgan fingerprint density at radius 3 is 1.28 bits per heavy atom. The van der Waals surface area contributed by atoms with Crippen molar-refractivity contribution in [2.24, 2.45) is 30.4 Å². The second-order valence-corrected chi connectivity index (χ2v) is 7.63. The summed E-state index contributed by atoms with van der Waals surface area (Å²) in [4.78, 5) is 8.66. The Morgan fingerprint density at radius 2 is 0.861 bits per heavy atom. The van der Waals surface area contributed by atoms with Crippen LogP contribution in [0.1, 0.15) is 11.1 Å². The number of benzene rings is 4. The van der Waals surface area contributed by atoms with Crippen molar-refractivity contribution in [3.63, 3.8) is 0 Å². The number of hydrogen-bond donors (Lipinski definition) is 2. The van der Waals surface area contributed by atoms with E-state index in [0.29, 0.717) is 35.6 Å². The van der Waals surface area contributed by atoms with Crippen molar-refractivity contribution >= 4 is 35.2 Å². The molecule has 0 radical (unpaired) electrons. The predicted molar refractivity (Wildman–Crippen MR) is 142 cm³/mol. The second kappa shape index (κ2) is 12.5. The SMILES string of the molecule is Oc1ccc(N=Nc2ccccc2)cc1C=NCCN=Cc1cc(N=Nc2ccccc2)ccc1O. The van der Waals surface area contributed by atoms with Crippen LogP contribution in [0.25, 0.3) is 0 Å². The summed E-state index contributed by atoms with van der Waals surface area (Å²) in [5.41, 5.74) is 3.78. The van der Waals surface area contributed by atoms with Gasteiger partial charge in [0, 0.05) is 23.6 Å². The molecule has 4 aromatic carbocycles. The number of aliphatic imine (C=N–C) groups is 2. The largest absolute Gasteiger partial charge is 0.507 e. The molecule has 0 aliphatic carbocycles. The lowest BCUT2D eigenvalue weighted by Crippen LogP contribution is -1.91. The zero-order valence-electron chi connectivity index (χ0n) is 19.4. The molecule has 0 aromatic heterocycles. The van der Waals surface area contributed by atoms with Crippen LogP contribution in [0, 0.1) is 0 Å². The van der Waals surface area contributed by atoms with E-state index < -0.39 is 0 Å². The van der Waals surface area contributed by atoms with Gasteiger partial charge in [0.1, 0.15) is 11.5 Å². The maximum Gasteiger partial charge on any atom is 0.124 e. The summed E-state index contributed by atoms with van der Waals surface area (Å²) in [5, 5.41) is 37.0. The van der Waals surface area contributed by atoms with E-state index in [1.165, 1.54) is 0 Å². The smallest absolute Gasteiger partial charge is 0.124 e. The minimum atomic E-state index is 0.104. The molecule has 8 heteroatoms.